The molecule has 8 heteroatoms. The summed E-state index contributed by atoms with van der Waals surface area (Å²) in [5, 5.41) is 0. The molecule has 1 atom stereocenters. The first-order valence-corrected chi connectivity index (χ1v) is 9.73. The monoisotopic (exact) mass is 375 g/mol. The molecule has 0 aliphatic carbocycles. The van der Waals surface area contributed by atoms with E-state index in [9.17, 15) is 14.4 Å². The number of nitrogens with zero attached hydrogens (tertiary/aromatic N) is 5. The zero-order chi connectivity index (χ0) is 19.7. The number of imidazole rings is 1. The number of fused-ring (bicyclic) bond motifs is 1. The molecular formula is C19H29N5O3. The van der Waals surface area contributed by atoms with E-state index in [-0.39, 0.29) is 11.5 Å². The van der Waals surface area contributed by atoms with Gasteiger partial charge in [-0.1, -0.05) is 13.8 Å². The second-order valence-corrected chi connectivity index (χ2v) is 7.81. The smallest absolute Gasteiger partial charge is 0.332 e. The van der Waals surface area contributed by atoms with Gasteiger partial charge in [0, 0.05) is 39.6 Å². The van der Waals surface area contributed by atoms with Crippen molar-refractivity contribution in [2.45, 2.75) is 58.5 Å². The van der Waals surface area contributed by atoms with Crippen LogP contribution in [0.25, 0.3) is 11.2 Å². The molecule has 0 bridgehead atoms. The van der Waals surface area contributed by atoms with Gasteiger partial charge in [0.1, 0.15) is 0 Å². The number of piperidine rings is 1. The third kappa shape index (κ3) is 3.57. The first-order valence-electron chi connectivity index (χ1n) is 9.73. The van der Waals surface area contributed by atoms with E-state index in [1.54, 1.807) is 17.9 Å². The third-order valence-corrected chi connectivity index (χ3v) is 5.65. The van der Waals surface area contributed by atoms with Gasteiger partial charge in [-0.2, -0.15) is 0 Å². The second-order valence-electron chi connectivity index (χ2n) is 7.81. The highest BCUT2D eigenvalue weighted by molar-refractivity contribution is 5.76. The predicted octanol–water partition coefficient (Wildman–Crippen LogP) is 1.25. The van der Waals surface area contributed by atoms with Crippen molar-refractivity contribution in [1.29, 1.82) is 0 Å². The van der Waals surface area contributed by atoms with Crippen molar-refractivity contribution in [3.8, 4) is 0 Å². The van der Waals surface area contributed by atoms with Gasteiger partial charge in [0.2, 0.25) is 5.91 Å². The number of hydrogen-bond acceptors (Lipinski definition) is 4. The second kappa shape index (κ2) is 7.70. The zero-order valence-electron chi connectivity index (χ0n) is 16.6. The van der Waals surface area contributed by atoms with Crippen molar-refractivity contribution < 1.29 is 4.79 Å². The Hall–Kier alpha value is -2.38. The molecule has 8 nitrogen and oxygen atoms in total. The Morgan fingerprint density at radius 1 is 1.22 bits per heavy atom. The van der Waals surface area contributed by atoms with Crippen LogP contribution in [-0.4, -0.2) is 42.1 Å². The van der Waals surface area contributed by atoms with Crippen molar-refractivity contribution >= 4 is 17.1 Å². The molecular weight excluding hydrogens is 346 g/mol. The maximum Gasteiger partial charge on any atom is 0.332 e. The average molecular weight is 375 g/mol. The average Bonchev–Trinajstić information content (AvgIpc) is 3.08. The summed E-state index contributed by atoms with van der Waals surface area (Å²) in [4.78, 5) is 43.4. The maximum absolute atomic E-state index is 12.7. The third-order valence-electron chi connectivity index (χ3n) is 5.65. The number of hydrogen-bond donors (Lipinski definition) is 0. The fourth-order valence-electron chi connectivity index (χ4n) is 4.07. The molecule has 1 amide bonds. The molecule has 0 saturated carbocycles. The highest BCUT2D eigenvalue weighted by atomic mass is 16.2. The van der Waals surface area contributed by atoms with Gasteiger partial charge in [0.05, 0.1) is 6.33 Å². The van der Waals surface area contributed by atoms with Crippen LogP contribution in [-0.2, 0) is 25.4 Å². The highest BCUT2D eigenvalue weighted by Crippen LogP contribution is 2.24. The largest absolute Gasteiger partial charge is 0.339 e. The minimum absolute atomic E-state index is 0.193. The first kappa shape index (κ1) is 19.4. The number of amides is 1. The molecule has 27 heavy (non-hydrogen) atoms. The van der Waals surface area contributed by atoms with Gasteiger partial charge in [0.25, 0.3) is 5.56 Å². The molecule has 0 spiro atoms. The molecule has 148 valence electrons. The Morgan fingerprint density at radius 3 is 2.67 bits per heavy atom. The Labute approximate surface area is 158 Å². The number of aryl methyl sites for hydroxylation is 2. The van der Waals surface area contributed by atoms with Crippen molar-refractivity contribution in [1.82, 2.24) is 23.6 Å². The molecule has 1 aliphatic heterocycles. The first-order chi connectivity index (χ1) is 12.8. The van der Waals surface area contributed by atoms with E-state index in [1.165, 1.54) is 18.0 Å². The zero-order valence-corrected chi connectivity index (χ0v) is 16.6. The SMILES string of the molecule is CC(C)C1CCCCN1C(=O)CCCn1cnc2c1c(=O)n(C)c(=O)n2C. The van der Waals surface area contributed by atoms with Gasteiger partial charge >= 0.3 is 5.69 Å². The number of aromatic nitrogens is 4. The minimum Gasteiger partial charge on any atom is -0.339 e. The molecule has 1 unspecified atom stereocenters. The number of rotatable bonds is 5. The van der Waals surface area contributed by atoms with Crippen LogP contribution in [0.4, 0.5) is 0 Å². The van der Waals surface area contributed by atoms with Crippen LogP contribution in [0.15, 0.2) is 15.9 Å². The van der Waals surface area contributed by atoms with E-state index in [2.05, 4.69) is 18.8 Å². The number of likely N-dealkylation sites (tertiary alicyclic amines) is 1. The number of carbonyl (C=O) groups excluding carboxylic acids is 1. The predicted molar refractivity (Wildman–Crippen MR) is 104 cm³/mol. The summed E-state index contributed by atoms with van der Waals surface area (Å²) < 4.78 is 4.21. The van der Waals surface area contributed by atoms with Crippen LogP contribution in [0, 0.1) is 5.92 Å². The molecule has 2 aromatic rings. The molecule has 1 aliphatic rings. The standard InChI is InChI=1S/C19H29N5O3/c1-13(2)14-8-5-6-11-24(14)15(25)9-7-10-23-12-20-17-16(23)18(26)22(4)19(27)21(17)3/h12-14H,5-11H2,1-4H3. The van der Waals surface area contributed by atoms with Crippen molar-refractivity contribution in [3.05, 3.63) is 27.2 Å². The molecule has 1 fully saturated rings. The van der Waals surface area contributed by atoms with Crippen molar-refractivity contribution in [2.24, 2.45) is 20.0 Å². The Kier molecular flexibility index (Phi) is 5.53. The normalized spacial score (nSPS) is 17.8. The topological polar surface area (TPSA) is 82.1 Å². The molecule has 2 aromatic heterocycles. The Bertz CT molecular complexity index is 953. The van der Waals surface area contributed by atoms with Crippen LogP contribution >= 0.6 is 0 Å². The van der Waals surface area contributed by atoms with E-state index in [0.29, 0.717) is 42.5 Å². The van der Waals surface area contributed by atoms with E-state index in [4.69, 9.17) is 0 Å². The molecule has 0 aromatic carbocycles. The minimum atomic E-state index is -0.391. The summed E-state index contributed by atoms with van der Waals surface area (Å²) in [6, 6.07) is 0.335. The van der Waals surface area contributed by atoms with Crippen molar-refractivity contribution in [2.75, 3.05) is 6.54 Å². The van der Waals surface area contributed by atoms with Crippen LogP contribution in [0.3, 0.4) is 0 Å². The lowest BCUT2D eigenvalue weighted by Crippen LogP contribution is -2.46. The number of carbonyl (C=O) groups is 1. The lowest BCUT2D eigenvalue weighted by atomic mass is 9.92. The van der Waals surface area contributed by atoms with E-state index in [0.717, 1.165) is 24.0 Å². The summed E-state index contributed by atoms with van der Waals surface area (Å²) in [7, 11) is 3.07. The summed E-state index contributed by atoms with van der Waals surface area (Å²) in [5.74, 6) is 0.661. The molecule has 3 heterocycles. The van der Waals surface area contributed by atoms with Gasteiger partial charge in [-0.25, -0.2) is 9.78 Å². The molecule has 0 N–H and O–H groups in total. The molecule has 0 radical (unpaired) electrons. The van der Waals surface area contributed by atoms with Gasteiger partial charge in [-0.15, -0.1) is 0 Å². The lowest BCUT2D eigenvalue weighted by Gasteiger charge is -2.38. The van der Waals surface area contributed by atoms with Gasteiger partial charge in [0.15, 0.2) is 11.2 Å². The van der Waals surface area contributed by atoms with Gasteiger partial charge < -0.3 is 9.47 Å². The Balaban J connectivity index is 1.72. The molecule has 3 rings (SSSR count). The lowest BCUT2D eigenvalue weighted by molar-refractivity contribution is -0.136. The van der Waals surface area contributed by atoms with Gasteiger partial charge in [-0.3, -0.25) is 18.7 Å². The maximum atomic E-state index is 12.7. The van der Waals surface area contributed by atoms with Crippen molar-refractivity contribution in [3.63, 3.8) is 0 Å². The fourth-order valence-corrected chi connectivity index (χ4v) is 4.07. The van der Waals surface area contributed by atoms with Crippen LogP contribution in [0.5, 0.6) is 0 Å². The van der Waals surface area contributed by atoms with Crippen LogP contribution in [0.2, 0.25) is 0 Å². The molecule has 1 saturated heterocycles. The summed E-state index contributed by atoms with van der Waals surface area (Å²) in [5.41, 5.74) is 0.0426. The van der Waals surface area contributed by atoms with E-state index in [1.807, 2.05) is 4.90 Å². The Morgan fingerprint density at radius 2 is 1.96 bits per heavy atom. The summed E-state index contributed by atoms with van der Waals surface area (Å²) in [6.07, 6.45) is 6.01. The summed E-state index contributed by atoms with van der Waals surface area (Å²) in [6.45, 7) is 5.72. The van der Waals surface area contributed by atoms with Crippen LogP contribution < -0.4 is 11.2 Å². The fraction of sp³-hybridized carbons (Fsp3) is 0.684. The van der Waals surface area contributed by atoms with Crippen LogP contribution in [0.1, 0.15) is 46.0 Å². The quantitative estimate of drug-likeness (QED) is 0.788. The highest BCUT2D eigenvalue weighted by Gasteiger charge is 2.28. The van der Waals surface area contributed by atoms with Gasteiger partial charge in [-0.05, 0) is 31.6 Å². The summed E-state index contributed by atoms with van der Waals surface area (Å²) >= 11 is 0. The van der Waals surface area contributed by atoms with E-state index >= 15 is 0 Å². The van der Waals surface area contributed by atoms with E-state index < -0.39 is 5.69 Å².